The summed E-state index contributed by atoms with van der Waals surface area (Å²) in [7, 11) is 0. The first-order valence-corrected chi connectivity index (χ1v) is 18.1. The number of hydrogen-bond donors (Lipinski definition) is 1. The van der Waals surface area contributed by atoms with Gasteiger partial charge < -0.3 is 5.32 Å². The molecule has 0 spiro atoms. The highest BCUT2D eigenvalue weighted by Crippen LogP contribution is 2.19. The molecule has 1 amide bonds. The van der Waals surface area contributed by atoms with Crippen LogP contribution < -0.4 is 5.32 Å². The van der Waals surface area contributed by atoms with Gasteiger partial charge >= 0.3 is 0 Å². The van der Waals surface area contributed by atoms with E-state index in [1.54, 1.807) is 0 Å². The van der Waals surface area contributed by atoms with E-state index in [9.17, 15) is 4.79 Å². The smallest absolute Gasteiger partial charge is 0.207 e. The van der Waals surface area contributed by atoms with E-state index in [0.717, 1.165) is 25.8 Å². The van der Waals surface area contributed by atoms with Gasteiger partial charge in [0.15, 0.2) is 0 Å². The minimum atomic E-state index is 0.664. The largest absolute Gasteiger partial charge is 0.358 e. The van der Waals surface area contributed by atoms with Crippen molar-refractivity contribution >= 4 is 6.41 Å². The van der Waals surface area contributed by atoms with E-state index in [4.69, 9.17) is 0 Å². The molecule has 0 aromatic rings. The zero-order chi connectivity index (χ0) is 29.7. The summed E-state index contributed by atoms with van der Waals surface area (Å²) in [6, 6.07) is 0. The molecule has 2 nitrogen and oxygen atoms in total. The highest BCUT2D eigenvalue weighted by molar-refractivity contribution is 5.45. The zero-order valence-corrected chi connectivity index (χ0v) is 27.8. The van der Waals surface area contributed by atoms with Gasteiger partial charge in [0.1, 0.15) is 0 Å². The highest BCUT2D eigenvalue weighted by atomic mass is 16.1. The predicted molar refractivity (Wildman–Crippen MR) is 186 cm³/mol. The molecule has 0 aliphatic rings. The molecule has 0 aliphatic carbocycles. The summed E-state index contributed by atoms with van der Waals surface area (Å²) in [5, 5.41) is 2.96. The maximum absolute atomic E-state index is 10.8. The third-order valence-electron chi connectivity index (χ3n) is 8.12. The number of unbranched alkanes of at least 4 members (excludes halogenated alkanes) is 18. The van der Waals surface area contributed by atoms with E-state index in [1.807, 2.05) is 0 Å². The molecule has 238 valence electrons. The molecule has 0 aromatic carbocycles. The molecule has 0 bridgehead atoms. The Bertz CT molecular complexity index is 569. The molecule has 41 heavy (non-hydrogen) atoms. The predicted octanol–water partition coefficient (Wildman–Crippen LogP) is 12.8. The number of allylic oxidation sites excluding steroid dienone is 8. The second kappa shape index (κ2) is 36.5. The van der Waals surface area contributed by atoms with Crippen LogP contribution in [0, 0.1) is 5.92 Å². The highest BCUT2D eigenvalue weighted by Gasteiger charge is 2.08. The SMILES string of the molecule is CCCCC/C=C\C/C=C\CCCCCCCCC(CCCCCCCC/C=C\C/C=C\CCCCC)CNC=O. The molecule has 0 radical (unpaired) electrons. The van der Waals surface area contributed by atoms with Crippen LogP contribution in [0.3, 0.4) is 0 Å². The first-order chi connectivity index (χ1) is 20.3. The number of hydrogen-bond acceptors (Lipinski definition) is 1. The van der Waals surface area contributed by atoms with E-state index in [0.29, 0.717) is 5.92 Å². The Morgan fingerprint density at radius 3 is 1.15 bits per heavy atom. The lowest BCUT2D eigenvalue weighted by atomic mass is 9.94. The minimum absolute atomic E-state index is 0.664. The normalized spacial score (nSPS) is 12.3. The van der Waals surface area contributed by atoms with Gasteiger partial charge in [0.05, 0.1) is 0 Å². The van der Waals surface area contributed by atoms with Crippen molar-refractivity contribution < 1.29 is 4.79 Å². The van der Waals surface area contributed by atoms with Gasteiger partial charge in [0, 0.05) is 6.54 Å². The van der Waals surface area contributed by atoms with Crippen molar-refractivity contribution in [3.8, 4) is 0 Å². The fourth-order valence-corrected chi connectivity index (χ4v) is 5.41. The minimum Gasteiger partial charge on any atom is -0.358 e. The van der Waals surface area contributed by atoms with E-state index < -0.39 is 0 Å². The molecule has 0 atom stereocenters. The first-order valence-electron chi connectivity index (χ1n) is 18.1. The molecule has 0 saturated carbocycles. The molecule has 0 rings (SSSR count). The van der Waals surface area contributed by atoms with Crippen LogP contribution in [0.4, 0.5) is 0 Å². The Kier molecular flexibility index (Phi) is 35.1. The summed E-state index contributed by atoms with van der Waals surface area (Å²) in [5.74, 6) is 0.664. The van der Waals surface area contributed by atoms with Gasteiger partial charge in [-0.05, 0) is 83.0 Å². The van der Waals surface area contributed by atoms with Crippen molar-refractivity contribution in [2.45, 2.75) is 181 Å². The third kappa shape index (κ3) is 34.5. The lowest BCUT2D eigenvalue weighted by Crippen LogP contribution is -2.21. The van der Waals surface area contributed by atoms with Crippen LogP contribution in [0.1, 0.15) is 181 Å². The Morgan fingerprint density at radius 1 is 0.439 bits per heavy atom. The molecule has 1 N–H and O–H groups in total. The standard InChI is InChI=1S/C39H71NO/c1-3-5-7-9-11-13-15-17-19-21-23-25-27-29-31-33-35-39(37-40-38-41)36-34-32-30-28-26-24-22-20-18-16-14-12-10-8-6-4-2/h11-14,17-20,38-39H,3-10,15-16,21-37H2,1-2H3,(H,40,41)/b13-11-,14-12-,19-17-,20-18-. The van der Waals surface area contributed by atoms with Crippen molar-refractivity contribution in [1.29, 1.82) is 0 Å². The van der Waals surface area contributed by atoms with E-state index in [1.165, 1.54) is 154 Å². The van der Waals surface area contributed by atoms with Gasteiger partial charge in [0.2, 0.25) is 6.41 Å². The molecule has 0 unspecified atom stereocenters. The average molecular weight is 570 g/mol. The Morgan fingerprint density at radius 2 is 0.780 bits per heavy atom. The molecule has 0 aliphatic heterocycles. The number of rotatable bonds is 33. The van der Waals surface area contributed by atoms with Gasteiger partial charge in [-0.2, -0.15) is 0 Å². The summed E-state index contributed by atoms with van der Waals surface area (Å²) >= 11 is 0. The summed E-state index contributed by atoms with van der Waals surface area (Å²) in [6.45, 7) is 5.39. The molecule has 0 heterocycles. The van der Waals surface area contributed by atoms with Crippen molar-refractivity contribution in [3.63, 3.8) is 0 Å². The van der Waals surface area contributed by atoms with Crippen LogP contribution in [0.15, 0.2) is 48.6 Å². The first kappa shape index (κ1) is 39.4. The van der Waals surface area contributed by atoms with Crippen LogP contribution in [0.5, 0.6) is 0 Å². The van der Waals surface area contributed by atoms with Crippen molar-refractivity contribution in [2.24, 2.45) is 5.92 Å². The van der Waals surface area contributed by atoms with Gasteiger partial charge in [-0.15, -0.1) is 0 Å². The monoisotopic (exact) mass is 570 g/mol. The van der Waals surface area contributed by atoms with Crippen molar-refractivity contribution in [1.82, 2.24) is 5.32 Å². The van der Waals surface area contributed by atoms with E-state index >= 15 is 0 Å². The topological polar surface area (TPSA) is 29.1 Å². The van der Waals surface area contributed by atoms with Crippen LogP contribution in [0.2, 0.25) is 0 Å². The maximum atomic E-state index is 10.8. The fraction of sp³-hybridized carbons (Fsp3) is 0.769. The lowest BCUT2D eigenvalue weighted by molar-refractivity contribution is -0.109. The molecular weight excluding hydrogens is 498 g/mol. The molecule has 0 aromatic heterocycles. The summed E-state index contributed by atoms with van der Waals surface area (Å²) in [4.78, 5) is 10.8. The molecular formula is C39H71NO. The molecule has 2 heteroatoms. The molecule has 0 saturated heterocycles. The lowest BCUT2D eigenvalue weighted by Gasteiger charge is -2.16. The third-order valence-corrected chi connectivity index (χ3v) is 8.12. The molecule has 0 fully saturated rings. The van der Waals surface area contributed by atoms with Gasteiger partial charge in [0.25, 0.3) is 0 Å². The van der Waals surface area contributed by atoms with E-state index in [2.05, 4.69) is 67.8 Å². The number of amides is 1. The Hall–Kier alpha value is -1.57. The van der Waals surface area contributed by atoms with E-state index in [-0.39, 0.29) is 0 Å². The summed E-state index contributed by atoms with van der Waals surface area (Å²) in [5.41, 5.74) is 0. The quantitative estimate of drug-likeness (QED) is 0.0475. The number of carbonyl (C=O) groups is 1. The summed E-state index contributed by atoms with van der Waals surface area (Å²) < 4.78 is 0. The van der Waals surface area contributed by atoms with Crippen LogP contribution in [-0.4, -0.2) is 13.0 Å². The number of nitrogens with one attached hydrogen (secondary N) is 1. The van der Waals surface area contributed by atoms with Crippen LogP contribution in [0.25, 0.3) is 0 Å². The Labute approximate surface area is 258 Å². The second-order valence-corrected chi connectivity index (χ2v) is 12.1. The zero-order valence-electron chi connectivity index (χ0n) is 27.8. The Balaban J connectivity index is 3.61. The number of carbonyl (C=O) groups excluding carboxylic acids is 1. The van der Waals surface area contributed by atoms with Crippen molar-refractivity contribution in [3.05, 3.63) is 48.6 Å². The van der Waals surface area contributed by atoms with Gasteiger partial charge in [-0.1, -0.05) is 152 Å². The average Bonchev–Trinajstić information content (AvgIpc) is 2.98. The van der Waals surface area contributed by atoms with Gasteiger partial charge in [-0.25, -0.2) is 0 Å². The van der Waals surface area contributed by atoms with Gasteiger partial charge in [-0.3, -0.25) is 4.79 Å². The fourth-order valence-electron chi connectivity index (χ4n) is 5.41. The summed E-state index contributed by atoms with van der Waals surface area (Å²) in [6.07, 6.45) is 53.5. The maximum Gasteiger partial charge on any atom is 0.207 e. The van der Waals surface area contributed by atoms with Crippen LogP contribution >= 0.6 is 0 Å². The van der Waals surface area contributed by atoms with Crippen LogP contribution in [-0.2, 0) is 4.79 Å². The second-order valence-electron chi connectivity index (χ2n) is 12.1. The van der Waals surface area contributed by atoms with Crippen molar-refractivity contribution in [2.75, 3.05) is 6.54 Å².